The minimum Gasteiger partial charge on any atom is -0.485 e. The summed E-state index contributed by atoms with van der Waals surface area (Å²) in [5.74, 6) is 1.86. The van der Waals surface area contributed by atoms with Crippen LogP contribution >= 0.6 is 0 Å². The molecule has 0 bridgehead atoms. The van der Waals surface area contributed by atoms with Crippen molar-refractivity contribution in [2.45, 2.75) is 26.6 Å². The Hall–Kier alpha value is -1.88. The van der Waals surface area contributed by atoms with E-state index in [4.69, 9.17) is 14.4 Å². The van der Waals surface area contributed by atoms with Crippen LogP contribution in [0.3, 0.4) is 0 Å². The van der Waals surface area contributed by atoms with E-state index in [1.807, 2.05) is 19.1 Å². The van der Waals surface area contributed by atoms with Gasteiger partial charge >= 0.3 is 0 Å². The molecule has 0 amide bonds. The Bertz CT molecular complexity index is 465. The molecule has 5 nitrogen and oxygen atoms in total. The van der Waals surface area contributed by atoms with Crippen LogP contribution in [0.4, 0.5) is 0 Å². The zero-order chi connectivity index (χ0) is 12.1. The van der Waals surface area contributed by atoms with E-state index < -0.39 is 0 Å². The molecule has 2 aromatic rings. The van der Waals surface area contributed by atoms with Crippen LogP contribution in [0.2, 0.25) is 0 Å². The van der Waals surface area contributed by atoms with Crippen LogP contribution in [0.25, 0.3) is 0 Å². The topological polar surface area (TPSA) is 68.4 Å². The Morgan fingerprint density at radius 2 is 2.06 bits per heavy atom. The third-order valence-corrected chi connectivity index (χ3v) is 2.29. The minimum atomic E-state index is 0.0327. The van der Waals surface area contributed by atoms with Crippen LogP contribution in [0, 0.1) is 0 Å². The van der Waals surface area contributed by atoms with Crippen molar-refractivity contribution in [2.24, 2.45) is 0 Å². The molecule has 0 fully saturated rings. The van der Waals surface area contributed by atoms with Crippen molar-refractivity contribution in [3.05, 3.63) is 41.5 Å². The second-order valence-electron chi connectivity index (χ2n) is 3.55. The second-order valence-corrected chi connectivity index (χ2v) is 3.55. The van der Waals surface area contributed by atoms with Gasteiger partial charge in [-0.15, -0.1) is 0 Å². The van der Waals surface area contributed by atoms with E-state index in [1.165, 1.54) is 0 Å². The molecule has 0 saturated carbocycles. The fourth-order valence-corrected chi connectivity index (χ4v) is 1.33. The first-order valence-corrected chi connectivity index (χ1v) is 5.46. The van der Waals surface area contributed by atoms with Crippen molar-refractivity contribution >= 4 is 0 Å². The molecule has 0 aliphatic carbocycles. The molecule has 2 rings (SSSR count). The Labute approximate surface area is 99.0 Å². The quantitative estimate of drug-likeness (QED) is 0.852. The Morgan fingerprint density at radius 1 is 1.29 bits per heavy atom. The summed E-state index contributed by atoms with van der Waals surface area (Å²) in [7, 11) is 0. The first-order valence-electron chi connectivity index (χ1n) is 5.46. The normalized spacial score (nSPS) is 10.5. The van der Waals surface area contributed by atoms with Crippen LogP contribution in [-0.2, 0) is 19.6 Å². The van der Waals surface area contributed by atoms with E-state index in [0.29, 0.717) is 17.5 Å². The molecule has 5 heteroatoms. The molecule has 0 atom stereocenters. The lowest BCUT2D eigenvalue weighted by atomic mass is 10.2. The number of hydrogen-bond donors (Lipinski definition) is 1. The highest BCUT2D eigenvalue weighted by Crippen LogP contribution is 2.13. The highest BCUT2D eigenvalue weighted by Gasteiger charge is 2.04. The van der Waals surface area contributed by atoms with Crippen molar-refractivity contribution < 1.29 is 14.4 Å². The number of hydrogen-bond acceptors (Lipinski definition) is 5. The third-order valence-electron chi connectivity index (χ3n) is 2.29. The van der Waals surface area contributed by atoms with Crippen molar-refractivity contribution in [3.63, 3.8) is 0 Å². The molecular formula is C12H14N2O3. The molecule has 0 aliphatic heterocycles. The molecule has 1 heterocycles. The fraction of sp³-hybridized carbons (Fsp3) is 0.333. The molecular weight excluding hydrogens is 220 g/mol. The van der Waals surface area contributed by atoms with E-state index in [0.717, 1.165) is 12.0 Å². The first kappa shape index (κ1) is 11.6. The van der Waals surface area contributed by atoms with E-state index in [1.54, 1.807) is 12.1 Å². The fourth-order valence-electron chi connectivity index (χ4n) is 1.33. The predicted octanol–water partition coefficient (Wildman–Crippen LogP) is 1.70. The first-order chi connectivity index (χ1) is 8.31. The van der Waals surface area contributed by atoms with Crippen molar-refractivity contribution in [1.82, 2.24) is 10.1 Å². The number of rotatable bonds is 5. The van der Waals surface area contributed by atoms with Gasteiger partial charge in [0.05, 0.1) is 6.61 Å². The number of aromatic nitrogens is 2. The van der Waals surface area contributed by atoms with Gasteiger partial charge in [0.2, 0.25) is 11.7 Å². The lowest BCUT2D eigenvalue weighted by Crippen LogP contribution is -1.97. The maximum atomic E-state index is 8.89. The van der Waals surface area contributed by atoms with Gasteiger partial charge in [-0.25, -0.2) is 0 Å². The third kappa shape index (κ3) is 3.04. The zero-order valence-corrected chi connectivity index (χ0v) is 9.59. The molecule has 0 spiro atoms. The van der Waals surface area contributed by atoms with Gasteiger partial charge < -0.3 is 14.4 Å². The highest BCUT2D eigenvalue weighted by molar-refractivity contribution is 5.26. The van der Waals surface area contributed by atoms with Crippen LogP contribution in [0.5, 0.6) is 5.75 Å². The minimum absolute atomic E-state index is 0.0327. The van der Waals surface area contributed by atoms with Crippen LogP contribution < -0.4 is 4.74 Å². The van der Waals surface area contributed by atoms with Crippen LogP contribution in [-0.4, -0.2) is 15.2 Å². The highest BCUT2D eigenvalue weighted by atomic mass is 16.5. The maximum Gasteiger partial charge on any atom is 0.226 e. The Kier molecular flexibility index (Phi) is 3.72. The van der Waals surface area contributed by atoms with Gasteiger partial charge in [-0.3, -0.25) is 0 Å². The monoisotopic (exact) mass is 234 g/mol. The number of aliphatic hydroxyl groups is 1. The van der Waals surface area contributed by atoms with E-state index >= 15 is 0 Å². The van der Waals surface area contributed by atoms with Gasteiger partial charge in [-0.1, -0.05) is 24.2 Å². The van der Waals surface area contributed by atoms with Crippen LogP contribution in [0.15, 0.2) is 28.8 Å². The smallest absolute Gasteiger partial charge is 0.226 e. The van der Waals surface area contributed by atoms with E-state index in [2.05, 4.69) is 10.1 Å². The predicted molar refractivity (Wildman–Crippen MR) is 60.4 cm³/mol. The van der Waals surface area contributed by atoms with Gasteiger partial charge in [0.1, 0.15) is 5.75 Å². The molecule has 0 aliphatic rings. The Balaban J connectivity index is 1.92. The molecule has 0 radical (unpaired) electrons. The van der Waals surface area contributed by atoms with E-state index in [9.17, 15) is 0 Å². The lowest BCUT2D eigenvalue weighted by molar-refractivity contribution is 0.278. The molecule has 0 unspecified atom stereocenters. The van der Waals surface area contributed by atoms with Gasteiger partial charge in [0.15, 0.2) is 6.61 Å². The molecule has 1 N–H and O–H groups in total. The average Bonchev–Trinajstić information content (AvgIpc) is 2.85. The summed E-state index contributed by atoms with van der Waals surface area (Å²) >= 11 is 0. The molecule has 0 saturated heterocycles. The second kappa shape index (κ2) is 5.45. The van der Waals surface area contributed by atoms with Crippen molar-refractivity contribution in [2.75, 3.05) is 0 Å². The molecule has 90 valence electrons. The molecule has 1 aromatic carbocycles. The van der Waals surface area contributed by atoms with E-state index in [-0.39, 0.29) is 13.2 Å². The Morgan fingerprint density at radius 3 is 2.65 bits per heavy atom. The summed E-state index contributed by atoms with van der Waals surface area (Å²) in [5.41, 5.74) is 0.852. The molecule has 17 heavy (non-hydrogen) atoms. The standard InChI is InChI=1S/C12H14N2O3/c1-2-12-13-11(14-17-12)8-16-10-5-3-9(7-15)4-6-10/h3-6,15H,2,7-8H2,1H3. The summed E-state index contributed by atoms with van der Waals surface area (Å²) in [5, 5.41) is 12.7. The van der Waals surface area contributed by atoms with Crippen molar-refractivity contribution in [3.8, 4) is 5.75 Å². The maximum absolute atomic E-state index is 8.89. The van der Waals surface area contributed by atoms with Crippen molar-refractivity contribution in [1.29, 1.82) is 0 Å². The number of ether oxygens (including phenoxy) is 1. The van der Waals surface area contributed by atoms with Gasteiger partial charge in [0, 0.05) is 6.42 Å². The summed E-state index contributed by atoms with van der Waals surface area (Å²) in [6.45, 7) is 2.26. The number of benzene rings is 1. The summed E-state index contributed by atoms with van der Waals surface area (Å²) in [4.78, 5) is 4.13. The number of aryl methyl sites for hydroxylation is 1. The lowest BCUT2D eigenvalue weighted by Gasteiger charge is -2.03. The largest absolute Gasteiger partial charge is 0.485 e. The zero-order valence-electron chi connectivity index (χ0n) is 9.59. The average molecular weight is 234 g/mol. The summed E-state index contributed by atoms with van der Waals surface area (Å²) in [6, 6.07) is 7.21. The van der Waals surface area contributed by atoms with Gasteiger partial charge in [-0.2, -0.15) is 4.98 Å². The van der Waals surface area contributed by atoms with Gasteiger partial charge in [0.25, 0.3) is 0 Å². The number of nitrogens with zero attached hydrogens (tertiary/aromatic N) is 2. The van der Waals surface area contributed by atoms with Crippen LogP contribution in [0.1, 0.15) is 24.2 Å². The SMILES string of the molecule is CCc1nc(COc2ccc(CO)cc2)no1. The number of aliphatic hydroxyl groups excluding tert-OH is 1. The summed E-state index contributed by atoms with van der Waals surface area (Å²) < 4.78 is 10.4. The van der Waals surface area contributed by atoms with Gasteiger partial charge in [-0.05, 0) is 17.7 Å². The summed E-state index contributed by atoms with van der Waals surface area (Å²) in [6.07, 6.45) is 0.720. The molecule has 1 aromatic heterocycles.